The van der Waals surface area contributed by atoms with E-state index >= 15 is 0 Å². The number of nitrogens with zero attached hydrogens (tertiary/aromatic N) is 1. The first kappa shape index (κ1) is 18.2. The van der Waals surface area contributed by atoms with Gasteiger partial charge in [-0.3, -0.25) is 9.29 Å². The Bertz CT molecular complexity index is 416. The molecule has 1 aliphatic rings. The van der Waals surface area contributed by atoms with Crippen LogP contribution in [0.15, 0.2) is 24.3 Å². The SMILES string of the molecule is Cl.FCC[C@@H](c1ccc(C(F)(F)F)cc1)N1CCNCC1. The van der Waals surface area contributed by atoms with Crippen LogP contribution in [0, 0.1) is 0 Å². The van der Waals surface area contributed by atoms with Gasteiger partial charge in [0.25, 0.3) is 0 Å². The first-order valence-electron chi connectivity index (χ1n) is 6.70. The summed E-state index contributed by atoms with van der Waals surface area (Å²) in [5, 5.41) is 3.21. The van der Waals surface area contributed by atoms with Crippen molar-refractivity contribution >= 4 is 12.4 Å². The molecule has 0 radical (unpaired) electrons. The van der Waals surface area contributed by atoms with E-state index in [9.17, 15) is 17.6 Å². The minimum atomic E-state index is -4.33. The summed E-state index contributed by atoms with van der Waals surface area (Å²) in [6.07, 6.45) is -4.02. The van der Waals surface area contributed by atoms with Gasteiger partial charge in [0.1, 0.15) is 0 Å². The van der Waals surface area contributed by atoms with E-state index in [1.807, 2.05) is 0 Å². The van der Waals surface area contributed by atoms with Crippen LogP contribution in [0.1, 0.15) is 23.6 Å². The van der Waals surface area contributed by atoms with E-state index in [0.717, 1.165) is 43.9 Å². The standard InChI is InChI=1S/C14H18F4N2.ClH/c15-6-5-13(20-9-7-19-8-10-20)11-1-3-12(4-2-11)14(16,17)18;/h1-4,13,19H,5-10H2;1H/t13-;/m0./s1. The van der Waals surface area contributed by atoms with Crippen molar-refractivity contribution in [1.82, 2.24) is 10.2 Å². The van der Waals surface area contributed by atoms with Crippen molar-refractivity contribution in [3.63, 3.8) is 0 Å². The molecule has 1 aliphatic heterocycles. The first-order chi connectivity index (χ1) is 9.52. The van der Waals surface area contributed by atoms with Gasteiger partial charge in [0.2, 0.25) is 0 Å². The maximum atomic E-state index is 12.7. The maximum absolute atomic E-state index is 12.7. The number of hydrogen-bond donors (Lipinski definition) is 1. The van der Waals surface area contributed by atoms with E-state index in [1.165, 1.54) is 12.1 Å². The van der Waals surface area contributed by atoms with Crippen LogP contribution in [0.2, 0.25) is 0 Å². The molecule has 1 atom stereocenters. The second-order valence-corrected chi connectivity index (χ2v) is 4.90. The molecule has 1 saturated heterocycles. The fraction of sp³-hybridized carbons (Fsp3) is 0.571. The van der Waals surface area contributed by atoms with Gasteiger partial charge in [0, 0.05) is 32.2 Å². The summed E-state index contributed by atoms with van der Waals surface area (Å²) in [5.74, 6) is 0. The van der Waals surface area contributed by atoms with Crippen LogP contribution in [0.5, 0.6) is 0 Å². The van der Waals surface area contributed by atoms with E-state index < -0.39 is 18.4 Å². The zero-order valence-electron chi connectivity index (χ0n) is 11.5. The monoisotopic (exact) mass is 326 g/mol. The highest BCUT2D eigenvalue weighted by atomic mass is 35.5. The molecular formula is C14H19ClF4N2. The Morgan fingerprint density at radius 1 is 1.10 bits per heavy atom. The predicted molar refractivity (Wildman–Crippen MR) is 76.5 cm³/mol. The van der Waals surface area contributed by atoms with Gasteiger partial charge >= 0.3 is 6.18 Å². The van der Waals surface area contributed by atoms with Crippen molar-refractivity contribution in [2.24, 2.45) is 0 Å². The summed E-state index contributed by atoms with van der Waals surface area (Å²) in [4.78, 5) is 2.12. The van der Waals surface area contributed by atoms with E-state index in [-0.39, 0.29) is 18.4 Å². The van der Waals surface area contributed by atoms with Gasteiger partial charge in [-0.15, -0.1) is 12.4 Å². The summed E-state index contributed by atoms with van der Waals surface area (Å²) in [6.45, 7) is 2.74. The van der Waals surface area contributed by atoms with Crippen LogP contribution in [-0.4, -0.2) is 37.8 Å². The van der Waals surface area contributed by atoms with E-state index in [2.05, 4.69) is 10.2 Å². The highest BCUT2D eigenvalue weighted by Gasteiger charge is 2.30. The second kappa shape index (κ2) is 7.96. The lowest BCUT2D eigenvalue weighted by atomic mass is 10.00. The van der Waals surface area contributed by atoms with Crippen LogP contribution in [0.4, 0.5) is 17.6 Å². The minimum absolute atomic E-state index is 0. The Morgan fingerprint density at radius 3 is 2.14 bits per heavy atom. The van der Waals surface area contributed by atoms with E-state index in [1.54, 1.807) is 0 Å². The number of piperazine rings is 1. The van der Waals surface area contributed by atoms with Gasteiger partial charge in [0.15, 0.2) is 0 Å². The molecule has 7 heteroatoms. The Balaban J connectivity index is 0.00000220. The molecular weight excluding hydrogens is 308 g/mol. The third-order valence-electron chi connectivity index (χ3n) is 3.60. The lowest BCUT2D eigenvalue weighted by molar-refractivity contribution is -0.137. The third kappa shape index (κ3) is 4.83. The highest BCUT2D eigenvalue weighted by Crippen LogP contribution is 2.31. The summed E-state index contributed by atoms with van der Waals surface area (Å²) in [6, 6.07) is 4.92. The molecule has 1 aromatic rings. The van der Waals surface area contributed by atoms with Crippen LogP contribution in [0.25, 0.3) is 0 Å². The van der Waals surface area contributed by atoms with Crippen molar-refractivity contribution in [3.05, 3.63) is 35.4 Å². The molecule has 1 fully saturated rings. The molecule has 120 valence electrons. The summed E-state index contributed by atoms with van der Waals surface area (Å²) < 4.78 is 50.4. The van der Waals surface area contributed by atoms with Gasteiger partial charge in [-0.1, -0.05) is 12.1 Å². The molecule has 0 spiro atoms. The fourth-order valence-corrected chi connectivity index (χ4v) is 2.55. The van der Waals surface area contributed by atoms with Crippen molar-refractivity contribution in [3.8, 4) is 0 Å². The highest BCUT2D eigenvalue weighted by molar-refractivity contribution is 5.85. The fourth-order valence-electron chi connectivity index (χ4n) is 2.55. The van der Waals surface area contributed by atoms with Crippen LogP contribution < -0.4 is 5.32 Å². The number of nitrogens with one attached hydrogen (secondary N) is 1. The molecule has 2 nitrogen and oxygen atoms in total. The third-order valence-corrected chi connectivity index (χ3v) is 3.60. The predicted octanol–water partition coefficient (Wildman–Crippen LogP) is 3.43. The quantitative estimate of drug-likeness (QED) is 0.853. The molecule has 1 heterocycles. The van der Waals surface area contributed by atoms with Crippen molar-refractivity contribution in [2.75, 3.05) is 32.9 Å². The molecule has 0 bridgehead atoms. The number of halogens is 5. The molecule has 2 rings (SSSR count). The Morgan fingerprint density at radius 2 is 1.67 bits per heavy atom. The van der Waals surface area contributed by atoms with E-state index in [0.29, 0.717) is 6.42 Å². The number of alkyl halides is 4. The second-order valence-electron chi connectivity index (χ2n) is 4.90. The summed E-state index contributed by atoms with van der Waals surface area (Å²) >= 11 is 0. The number of benzene rings is 1. The van der Waals surface area contributed by atoms with Gasteiger partial charge in [0.05, 0.1) is 12.2 Å². The lowest BCUT2D eigenvalue weighted by Crippen LogP contribution is -2.45. The maximum Gasteiger partial charge on any atom is 0.416 e. The average Bonchev–Trinajstić information content (AvgIpc) is 2.45. The molecule has 0 aromatic heterocycles. The van der Waals surface area contributed by atoms with Crippen LogP contribution in [-0.2, 0) is 6.18 Å². The summed E-state index contributed by atoms with van der Waals surface area (Å²) in [5.41, 5.74) is 0.0816. The molecule has 0 aliphatic carbocycles. The molecule has 0 amide bonds. The number of hydrogen-bond acceptors (Lipinski definition) is 2. The van der Waals surface area contributed by atoms with Crippen LogP contribution >= 0.6 is 12.4 Å². The first-order valence-corrected chi connectivity index (χ1v) is 6.70. The van der Waals surface area contributed by atoms with Crippen LogP contribution in [0.3, 0.4) is 0 Å². The number of rotatable bonds is 4. The smallest absolute Gasteiger partial charge is 0.314 e. The molecule has 21 heavy (non-hydrogen) atoms. The Kier molecular flexibility index (Phi) is 6.90. The topological polar surface area (TPSA) is 15.3 Å². The Hall–Kier alpha value is -0.850. The average molecular weight is 327 g/mol. The van der Waals surface area contributed by atoms with Gasteiger partial charge < -0.3 is 5.32 Å². The Labute approximate surface area is 127 Å². The van der Waals surface area contributed by atoms with Gasteiger partial charge in [-0.2, -0.15) is 13.2 Å². The van der Waals surface area contributed by atoms with Crippen molar-refractivity contribution in [1.29, 1.82) is 0 Å². The molecule has 0 unspecified atom stereocenters. The molecule has 1 N–H and O–H groups in total. The molecule has 0 saturated carbocycles. The van der Waals surface area contributed by atoms with E-state index in [4.69, 9.17) is 0 Å². The minimum Gasteiger partial charge on any atom is -0.314 e. The van der Waals surface area contributed by atoms with Gasteiger partial charge in [-0.25, -0.2) is 0 Å². The lowest BCUT2D eigenvalue weighted by Gasteiger charge is -2.35. The normalized spacial score (nSPS) is 18.1. The molecule has 1 aromatic carbocycles. The van der Waals surface area contributed by atoms with Gasteiger partial charge in [-0.05, 0) is 24.1 Å². The van der Waals surface area contributed by atoms with Crippen molar-refractivity contribution in [2.45, 2.75) is 18.6 Å². The summed E-state index contributed by atoms with van der Waals surface area (Å²) in [7, 11) is 0. The zero-order valence-corrected chi connectivity index (χ0v) is 12.3. The van der Waals surface area contributed by atoms with Crippen molar-refractivity contribution < 1.29 is 17.6 Å². The zero-order chi connectivity index (χ0) is 14.6. The largest absolute Gasteiger partial charge is 0.416 e.